The summed E-state index contributed by atoms with van der Waals surface area (Å²) in [5, 5.41) is 5.75. The molecular weight excluding hydrogens is 252 g/mol. The van der Waals surface area contributed by atoms with Crippen LogP contribution in [0.1, 0.15) is 20.3 Å². The van der Waals surface area contributed by atoms with Crippen LogP contribution in [0, 0.1) is 5.92 Å². The molecule has 2 amide bonds. The molecule has 0 aromatic heterocycles. The number of carbonyl (C=O) groups is 1. The number of likely N-dealkylation sites (tertiary alicyclic amines) is 1. The van der Waals surface area contributed by atoms with Crippen molar-refractivity contribution in [3.05, 3.63) is 24.3 Å². The van der Waals surface area contributed by atoms with Crippen molar-refractivity contribution in [3.63, 3.8) is 0 Å². The molecule has 5 nitrogen and oxygen atoms in total. The van der Waals surface area contributed by atoms with Crippen molar-refractivity contribution in [2.45, 2.75) is 26.3 Å². The minimum absolute atomic E-state index is 0.155. The highest BCUT2D eigenvalue weighted by Crippen LogP contribution is 2.17. The normalized spacial score (nSPS) is 19.2. The van der Waals surface area contributed by atoms with Gasteiger partial charge in [-0.05, 0) is 57.0 Å². The van der Waals surface area contributed by atoms with Gasteiger partial charge in [0.2, 0.25) is 0 Å². The van der Waals surface area contributed by atoms with E-state index in [9.17, 15) is 4.79 Å². The second kappa shape index (κ2) is 6.61. The van der Waals surface area contributed by atoms with Crippen molar-refractivity contribution in [1.82, 2.24) is 10.2 Å². The van der Waals surface area contributed by atoms with E-state index in [1.807, 2.05) is 0 Å². The monoisotopic (exact) mass is 276 g/mol. The summed E-state index contributed by atoms with van der Waals surface area (Å²) < 4.78 is 0. The van der Waals surface area contributed by atoms with Gasteiger partial charge >= 0.3 is 6.03 Å². The molecule has 1 saturated heterocycles. The molecule has 1 unspecified atom stereocenters. The first-order valence-electron chi connectivity index (χ1n) is 7.19. The summed E-state index contributed by atoms with van der Waals surface area (Å²) in [5.74, 6) is 0.551. The van der Waals surface area contributed by atoms with Crippen molar-refractivity contribution in [2.75, 3.05) is 30.7 Å². The molecule has 1 aliphatic heterocycles. The largest absolute Gasteiger partial charge is 0.399 e. The van der Waals surface area contributed by atoms with Crippen molar-refractivity contribution >= 4 is 17.4 Å². The van der Waals surface area contributed by atoms with Crippen LogP contribution in [-0.2, 0) is 0 Å². The van der Waals surface area contributed by atoms with Gasteiger partial charge in [0, 0.05) is 30.5 Å². The quantitative estimate of drug-likeness (QED) is 0.738. The van der Waals surface area contributed by atoms with Gasteiger partial charge in [-0.3, -0.25) is 0 Å². The number of urea groups is 1. The molecule has 1 heterocycles. The minimum Gasteiger partial charge on any atom is -0.399 e. The van der Waals surface area contributed by atoms with Gasteiger partial charge in [-0.2, -0.15) is 0 Å². The standard InChI is InChI=1S/C15H24N4O/c1-11(2)19-8-7-12(10-19)9-17-15(20)18-14-5-3-13(16)4-6-14/h3-6,11-12H,7-10,16H2,1-2H3,(H2,17,18,20). The van der Waals surface area contributed by atoms with E-state index in [2.05, 4.69) is 29.4 Å². The highest BCUT2D eigenvalue weighted by atomic mass is 16.2. The molecule has 110 valence electrons. The Kier molecular flexibility index (Phi) is 4.84. The van der Waals surface area contributed by atoms with Crippen LogP contribution in [0.2, 0.25) is 0 Å². The Hall–Kier alpha value is -1.75. The Labute approximate surface area is 120 Å². The fourth-order valence-electron chi connectivity index (χ4n) is 2.48. The van der Waals surface area contributed by atoms with Crippen LogP contribution in [-0.4, -0.2) is 36.6 Å². The zero-order valence-electron chi connectivity index (χ0n) is 12.2. The van der Waals surface area contributed by atoms with Crippen molar-refractivity contribution in [1.29, 1.82) is 0 Å². The van der Waals surface area contributed by atoms with E-state index in [-0.39, 0.29) is 6.03 Å². The number of nitrogens with one attached hydrogen (secondary N) is 2. The molecule has 1 aliphatic rings. The second-order valence-corrected chi connectivity index (χ2v) is 5.70. The first-order valence-corrected chi connectivity index (χ1v) is 7.19. The zero-order chi connectivity index (χ0) is 14.5. The summed E-state index contributed by atoms with van der Waals surface area (Å²) in [7, 11) is 0. The van der Waals surface area contributed by atoms with E-state index in [4.69, 9.17) is 5.73 Å². The Balaban J connectivity index is 1.72. The minimum atomic E-state index is -0.155. The Morgan fingerprint density at radius 2 is 2.10 bits per heavy atom. The highest BCUT2D eigenvalue weighted by molar-refractivity contribution is 5.89. The average molecular weight is 276 g/mol. The number of benzene rings is 1. The molecular formula is C15H24N4O. The van der Waals surface area contributed by atoms with Gasteiger partial charge in [-0.25, -0.2) is 4.79 Å². The van der Waals surface area contributed by atoms with Gasteiger partial charge < -0.3 is 21.3 Å². The van der Waals surface area contributed by atoms with Crippen LogP contribution in [0.5, 0.6) is 0 Å². The van der Waals surface area contributed by atoms with E-state index in [1.165, 1.54) is 0 Å². The lowest BCUT2D eigenvalue weighted by molar-refractivity contribution is 0.247. The summed E-state index contributed by atoms with van der Waals surface area (Å²) in [6.07, 6.45) is 1.15. The van der Waals surface area contributed by atoms with Crippen LogP contribution in [0.15, 0.2) is 24.3 Å². The van der Waals surface area contributed by atoms with Gasteiger partial charge in [0.25, 0.3) is 0 Å². The van der Waals surface area contributed by atoms with Gasteiger partial charge in [-0.15, -0.1) is 0 Å². The maximum atomic E-state index is 11.8. The molecule has 4 N–H and O–H groups in total. The number of hydrogen-bond donors (Lipinski definition) is 3. The summed E-state index contributed by atoms with van der Waals surface area (Å²) in [4.78, 5) is 14.3. The fraction of sp³-hybridized carbons (Fsp3) is 0.533. The molecule has 0 bridgehead atoms. The highest BCUT2D eigenvalue weighted by Gasteiger charge is 2.24. The number of nitrogen functional groups attached to an aromatic ring is 1. The molecule has 1 fully saturated rings. The third kappa shape index (κ3) is 4.13. The number of nitrogens with two attached hydrogens (primary N) is 1. The van der Waals surface area contributed by atoms with Crippen molar-refractivity contribution in [2.24, 2.45) is 5.92 Å². The molecule has 1 aromatic rings. The SMILES string of the molecule is CC(C)N1CCC(CNC(=O)Nc2ccc(N)cc2)C1. The van der Waals surface area contributed by atoms with Crippen LogP contribution < -0.4 is 16.4 Å². The van der Waals surface area contributed by atoms with Crippen molar-refractivity contribution < 1.29 is 4.79 Å². The predicted molar refractivity (Wildman–Crippen MR) is 82.7 cm³/mol. The molecule has 0 spiro atoms. The number of hydrogen-bond acceptors (Lipinski definition) is 3. The lowest BCUT2D eigenvalue weighted by atomic mass is 10.1. The van der Waals surface area contributed by atoms with Gasteiger partial charge in [-0.1, -0.05) is 0 Å². The third-order valence-corrected chi connectivity index (χ3v) is 3.77. The Bertz CT molecular complexity index is 444. The number of anilines is 2. The molecule has 0 radical (unpaired) electrons. The number of amides is 2. The first kappa shape index (κ1) is 14.7. The summed E-state index contributed by atoms with van der Waals surface area (Å²) in [6, 6.07) is 7.57. The molecule has 5 heteroatoms. The van der Waals surface area contributed by atoms with E-state index in [0.717, 1.165) is 31.7 Å². The first-order chi connectivity index (χ1) is 9.54. The van der Waals surface area contributed by atoms with Gasteiger partial charge in [0.1, 0.15) is 0 Å². The van der Waals surface area contributed by atoms with Gasteiger partial charge in [0.05, 0.1) is 0 Å². The summed E-state index contributed by atoms with van der Waals surface area (Å²) >= 11 is 0. The fourth-order valence-corrected chi connectivity index (χ4v) is 2.48. The number of carbonyl (C=O) groups excluding carboxylic acids is 1. The molecule has 0 aliphatic carbocycles. The van der Waals surface area contributed by atoms with Crippen LogP contribution in [0.4, 0.5) is 16.2 Å². The average Bonchev–Trinajstić information content (AvgIpc) is 2.88. The van der Waals surface area contributed by atoms with E-state index in [0.29, 0.717) is 17.6 Å². The third-order valence-electron chi connectivity index (χ3n) is 3.77. The Morgan fingerprint density at radius 3 is 2.70 bits per heavy atom. The molecule has 20 heavy (non-hydrogen) atoms. The van der Waals surface area contributed by atoms with Crippen LogP contribution >= 0.6 is 0 Å². The van der Waals surface area contributed by atoms with Gasteiger partial charge in [0.15, 0.2) is 0 Å². The number of rotatable bonds is 4. The van der Waals surface area contributed by atoms with E-state index >= 15 is 0 Å². The lowest BCUT2D eigenvalue weighted by Crippen LogP contribution is -2.35. The van der Waals surface area contributed by atoms with Crippen molar-refractivity contribution in [3.8, 4) is 0 Å². The topological polar surface area (TPSA) is 70.4 Å². The molecule has 1 atom stereocenters. The number of nitrogens with zero attached hydrogens (tertiary/aromatic N) is 1. The summed E-state index contributed by atoms with van der Waals surface area (Å²) in [5.41, 5.74) is 7.05. The Morgan fingerprint density at radius 1 is 1.40 bits per heavy atom. The lowest BCUT2D eigenvalue weighted by Gasteiger charge is -2.20. The van der Waals surface area contributed by atoms with E-state index in [1.54, 1.807) is 24.3 Å². The smallest absolute Gasteiger partial charge is 0.319 e. The molecule has 2 rings (SSSR count). The molecule has 1 aromatic carbocycles. The maximum Gasteiger partial charge on any atom is 0.319 e. The second-order valence-electron chi connectivity index (χ2n) is 5.70. The zero-order valence-corrected chi connectivity index (χ0v) is 12.2. The van der Waals surface area contributed by atoms with Crippen LogP contribution in [0.25, 0.3) is 0 Å². The maximum absolute atomic E-state index is 11.8. The van der Waals surface area contributed by atoms with Crippen LogP contribution in [0.3, 0.4) is 0 Å². The predicted octanol–water partition coefficient (Wildman–Crippen LogP) is 2.12. The molecule has 0 saturated carbocycles. The summed E-state index contributed by atoms with van der Waals surface area (Å²) in [6.45, 7) is 7.35. The van der Waals surface area contributed by atoms with E-state index < -0.39 is 0 Å².